The Labute approximate surface area is 337 Å². The van der Waals surface area contributed by atoms with E-state index >= 15 is 0 Å². The molecule has 1 amide bonds. The maximum absolute atomic E-state index is 12.4. The Morgan fingerprint density at radius 1 is 0.796 bits per heavy atom. The van der Waals surface area contributed by atoms with Gasteiger partial charge in [0.25, 0.3) is 11.4 Å². The second kappa shape index (κ2) is 18.5. The Morgan fingerprint density at radius 2 is 1.37 bits per heavy atom. The summed E-state index contributed by atoms with van der Waals surface area (Å²) in [7, 11) is 0. The van der Waals surface area contributed by atoms with Crippen LogP contribution in [0.4, 0.5) is 39.8 Å². The first kappa shape index (κ1) is 42.2. The molecule has 0 unspecified atom stereocenters. The maximum atomic E-state index is 12.4. The number of carbonyl (C=O) groups is 1. The molecule has 1 heterocycles. The molecule has 0 bridgehead atoms. The number of nitro groups is 2. The third-order valence-electron chi connectivity index (χ3n) is 7.15. The van der Waals surface area contributed by atoms with E-state index in [0.29, 0.717) is 27.8 Å². The molecule has 1 aromatic heterocycles. The molecule has 0 aliphatic heterocycles. The van der Waals surface area contributed by atoms with Gasteiger partial charge < -0.3 is 30.5 Å². The van der Waals surface area contributed by atoms with Gasteiger partial charge in [-0.2, -0.15) is 5.11 Å². The molecule has 0 aliphatic rings. The zero-order chi connectivity index (χ0) is 37.5. The zero-order valence-electron chi connectivity index (χ0n) is 28.5. The van der Waals surface area contributed by atoms with Gasteiger partial charge in [-0.25, -0.2) is 9.78 Å². The van der Waals surface area contributed by atoms with E-state index in [-0.39, 0.29) is 104 Å². The van der Waals surface area contributed by atoms with Gasteiger partial charge in [0, 0.05) is 53.9 Å². The fourth-order valence-corrected chi connectivity index (χ4v) is 4.72. The van der Waals surface area contributed by atoms with Crippen molar-refractivity contribution in [2.45, 2.75) is 13.8 Å². The predicted octanol–water partition coefficient (Wildman–Crippen LogP) is 4.82. The van der Waals surface area contributed by atoms with E-state index in [0.717, 1.165) is 36.4 Å². The van der Waals surface area contributed by atoms with E-state index < -0.39 is 15.4 Å². The first-order valence-electron chi connectivity index (χ1n) is 15.0. The van der Waals surface area contributed by atoms with Crippen LogP contribution in [-0.2, 0) is 22.2 Å². The van der Waals surface area contributed by atoms with Crippen molar-refractivity contribution in [1.29, 1.82) is 0 Å². The number of nitrogens with zero attached hydrogens (tertiary/aromatic N) is 8. The number of hydrogen-bond acceptors (Lipinski definition) is 14. The van der Waals surface area contributed by atoms with Crippen molar-refractivity contribution in [2.75, 3.05) is 5.32 Å². The molecule has 0 radical (unpaired) electrons. The average molecular weight is 780 g/mol. The fraction of sp³-hybridized carbons (Fsp3) is 0.0588. The number of anilines is 1. The number of benzene rings is 5. The first-order valence-corrected chi connectivity index (χ1v) is 15.0. The van der Waals surface area contributed by atoms with Crippen LogP contribution in [0.1, 0.15) is 12.6 Å². The van der Waals surface area contributed by atoms with Crippen LogP contribution in [-0.4, -0.2) is 40.9 Å². The van der Waals surface area contributed by atoms with Crippen LogP contribution < -0.4 is 40.4 Å². The third-order valence-corrected chi connectivity index (χ3v) is 7.15. The summed E-state index contributed by atoms with van der Waals surface area (Å²) in [6.07, 6.45) is 0. The zero-order valence-corrected chi connectivity index (χ0v) is 31.8. The van der Waals surface area contributed by atoms with Crippen molar-refractivity contribution in [3.05, 3.63) is 133 Å². The molecule has 4 N–H and O–H groups in total. The summed E-state index contributed by atoms with van der Waals surface area (Å²) in [5.74, 6) is -1.08. The number of aromatic nitrogens is 2. The van der Waals surface area contributed by atoms with Crippen molar-refractivity contribution < 1.29 is 76.9 Å². The van der Waals surface area contributed by atoms with Crippen LogP contribution in [0.15, 0.2) is 122 Å². The van der Waals surface area contributed by atoms with Gasteiger partial charge in [0.15, 0.2) is 0 Å². The third kappa shape index (κ3) is 9.80. The van der Waals surface area contributed by atoms with Crippen molar-refractivity contribution >= 4 is 56.5 Å². The van der Waals surface area contributed by atoms with Crippen LogP contribution in [0, 0.1) is 27.2 Å². The van der Waals surface area contributed by atoms with E-state index in [4.69, 9.17) is 0 Å². The van der Waals surface area contributed by atoms with Crippen LogP contribution in [0.5, 0.6) is 17.2 Å². The summed E-state index contributed by atoms with van der Waals surface area (Å²) in [6, 6.07) is 23.7. The Bertz CT molecular complexity index is 2470. The Morgan fingerprint density at radius 3 is 1.94 bits per heavy atom. The van der Waals surface area contributed by atoms with Gasteiger partial charge >= 0.3 is 29.6 Å². The summed E-state index contributed by atoms with van der Waals surface area (Å²) < 4.78 is 1.19. The average Bonchev–Trinajstić information content (AvgIpc) is 3.40. The molecular formula is C34H26CrN9NaO9. The molecule has 6 rings (SSSR count). The van der Waals surface area contributed by atoms with Crippen LogP contribution in [0.2, 0.25) is 0 Å². The van der Waals surface area contributed by atoms with Crippen molar-refractivity contribution in [2.24, 2.45) is 20.5 Å². The van der Waals surface area contributed by atoms with Crippen LogP contribution >= 0.6 is 0 Å². The molecule has 0 atom stereocenters. The molecule has 5 aromatic carbocycles. The normalized spacial score (nSPS) is 10.6. The number of phenolic OH excluding ortho intramolecular Hbond substituents is 3. The summed E-state index contributed by atoms with van der Waals surface area (Å²) in [5, 5.41) is 74.9. The topological polar surface area (TPSA) is 260 Å². The number of nitro benzene ring substituents is 2. The molecular weight excluding hydrogens is 753 g/mol. The van der Waals surface area contributed by atoms with Gasteiger partial charge in [-0.15, -0.1) is 15.9 Å². The number of non-ortho nitro benzene ring substituents is 2. The number of aryl methyl sites for hydroxylation is 1. The number of phenols is 3. The number of amides is 1. The molecule has 0 fully saturated rings. The minimum Gasteiger partial charge on any atom is -0.506 e. The Balaban J connectivity index is 0.000000281. The molecule has 18 nitrogen and oxygen atoms in total. The van der Waals surface area contributed by atoms with Crippen LogP contribution in [0.25, 0.3) is 16.5 Å². The molecule has 54 heavy (non-hydrogen) atoms. The van der Waals surface area contributed by atoms with E-state index in [1.54, 1.807) is 55.5 Å². The van der Waals surface area contributed by atoms with Gasteiger partial charge in [0.2, 0.25) is 5.91 Å². The second-order valence-electron chi connectivity index (χ2n) is 10.8. The molecule has 0 saturated heterocycles. The minimum atomic E-state index is -0.622. The smallest absolute Gasteiger partial charge is 0.506 e. The number of fused-ring (bicyclic) bond motifs is 1. The number of aromatic hydroxyl groups is 3. The number of rotatable bonds is 8. The predicted molar refractivity (Wildman–Crippen MR) is 188 cm³/mol. The Hall–Kier alpha value is -6.23. The van der Waals surface area contributed by atoms with Crippen molar-refractivity contribution in [1.82, 2.24) is 9.78 Å². The van der Waals surface area contributed by atoms with E-state index in [9.17, 15) is 45.1 Å². The molecule has 268 valence electrons. The van der Waals surface area contributed by atoms with E-state index in [1.165, 1.54) is 17.7 Å². The standard InChI is InChI=1S/C18H14N4O5.C16H12N5O4.Cr.Na/c1-10(23)19-13-4-2-3-11-5-7-16(25)18(17(11)13)21-20-14-9-12(22(26)27)6-8-15(14)24;1-10-15(16(23)20(19-10)11-5-3-2-4-6-11)18-17-13-9-12(21(24)25)7-8-14(13)22;;/h2-9,24-25H,1H3,(H,19,23);2-9,22H,1H3;;/q;-1;;+1. The Kier molecular flexibility index (Phi) is 14.5. The summed E-state index contributed by atoms with van der Waals surface area (Å²) >= 11 is 0. The van der Waals surface area contributed by atoms with Gasteiger partial charge in [-0.3, -0.25) is 25.0 Å². The molecule has 0 saturated carbocycles. The largest absolute Gasteiger partial charge is 1.00 e. The summed E-state index contributed by atoms with van der Waals surface area (Å²) in [5.41, 5.74) is 0.187. The summed E-state index contributed by atoms with van der Waals surface area (Å²) in [6.45, 7) is 2.95. The number of carbonyl (C=O) groups excluding carboxylic acids is 1. The molecule has 0 spiro atoms. The van der Waals surface area contributed by atoms with E-state index in [2.05, 4.69) is 30.9 Å². The molecule has 6 aromatic rings. The molecule has 20 heteroatoms. The van der Waals surface area contributed by atoms with E-state index in [1.807, 2.05) is 6.07 Å². The van der Waals surface area contributed by atoms with Crippen LogP contribution in [0.3, 0.4) is 0 Å². The van der Waals surface area contributed by atoms with Gasteiger partial charge in [-0.05, 0) is 41.8 Å². The quantitative estimate of drug-likeness (QED) is 0.0538. The number of azo groups is 2. The maximum Gasteiger partial charge on any atom is 1.00 e. The number of nitrogens with one attached hydrogen (secondary N) is 1. The van der Waals surface area contributed by atoms with Gasteiger partial charge in [0.05, 0.1) is 21.2 Å². The molecule has 0 aliphatic carbocycles. The second-order valence-corrected chi connectivity index (χ2v) is 10.8. The van der Waals surface area contributed by atoms with Gasteiger partial charge in [0.1, 0.15) is 39.9 Å². The minimum absolute atomic E-state index is 0. The van der Waals surface area contributed by atoms with Gasteiger partial charge in [-0.1, -0.05) is 49.0 Å². The number of para-hydroxylation sites is 1. The van der Waals surface area contributed by atoms with Crippen molar-refractivity contribution in [3.8, 4) is 22.9 Å². The fourth-order valence-electron chi connectivity index (χ4n) is 4.72. The first-order chi connectivity index (χ1) is 24.8. The number of hydrogen-bond donors (Lipinski definition) is 4. The van der Waals surface area contributed by atoms with Crippen molar-refractivity contribution in [3.63, 3.8) is 0 Å². The SMILES string of the molecule is CC(=O)Nc1cccc2ccc(O)c(N=Nc3cc([N+](=O)[O-])ccc3O)c12.Cc1nn(-c2ccccc2)c(=O)[c-]1N=Nc1cc([N+](=O)[O-])ccc1O.[Cr].[Na+]. The monoisotopic (exact) mass is 779 g/mol. The summed E-state index contributed by atoms with van der Waals surface area (Å²) in [4.78, 5) is 44.3.